The lowest BCUT2D eigenvalue weighted by Crippen LogP contribution is -2.05. The van der Waals surface area contributed by atoms with Crippen LogP contribution in [0.3, 0.4) is 0 Å². The van der Waals surface area contributed by atoms with Gasteiger partial charge >= 0.3 is 5.69 Å². The average molecular weight is 180 g/mol. The third-order valence-electron chi connectivity index (χ3n) is 1.51. The van der Waals surface area contributed by atoms with Crippen molar-refractivity contribution in [3.8, 4) is 6.07 Å². The highest BCUT2D eigenvalue weighted by atomic mass is 16.6. The van der Waals surface area contributed by atoms with Crippen molar-refractivity contribution >= 4 is 5.69 Å². The minimum atomic E-state index is -0.513. The van der Waals surface area contributed by atoms with E-state index in [0.29, 0.717) is 6.54 Å². The van der Waals surface area contributed by atoms with Crippen LogP contribution in [0, 0.1) is 27.4 Å². The van der Waals surface area contributed by atoms with Gasteiger partial charge in [-0.25, -0.2) is 0 Å². The second kappa shape index (κ2) is 3.67. The molecule has 0 aromatic carbocycles. The molecule has 13 heavy (non-hydrogen) atoms. The molecular weight excluding hydrogens is 172 g/mol. The van der Waals surface area contributed by atoms with Crippen LogP contribution in [-0.4, -0.2) is 14.7 Å². The maximum Gasteiger partial charge on any atom is 0.306 e. The zero-order valence-electron chi connectivity index (χ0n) is 7.04. The van der Waals surface area contributed by atoms with E-state index in [4.69, 9.17) is 5.26 Å². The molecule has 0 saturated heterocycles. The Hall–Kier alpha value is -1.90. The highest BCUT2D eigenvalue weighted by Gasteiger charge is 2.09. The smallest absolute Gasteiger partial charge is 0.264 e. The summed E-state index contributed by atoms with van der Waals surface area (Å²) in [7, 11) is 0. The second-order valence-corrected chi connectivity index (χ2v) is 2.71. The predicted molar refractivity (Wildman–Crippen MR) is 43.7 cm³/mol. The van der Waals surface area contributed by atoms with Crippen LogP contribution in [0.1, 0.15) is 6.92 Å². The molecule has 1 heterocycles. The van der Waals surface area contributed by atoms with Crippen molar-refractivity contribution in [2.45, 2.75) is 13.5 Å². The lowest BCUT2D eigenvalue weighted by Gasteiger charge is -1.99. The number of hydrogen-bond acceptors (Lipinski definition) is 4. The largest absolute Gasteiger partial charge is 0.306 e. The summed E-state index contributed by atoms with van der Waals surface area (Å²) in [6, 6.07) is 2.02. The Balaban J connectivity index is 2.70. The summed E-state index contributed by atoms with van der Waals surface area (Å²) in [6.45, 7) is 2.11. The number of nitro groups is 1. The van der Waals surface area contributed by atoms with E-state index in [1.165, 1.54) is 17.1 Å². The number of rotatable bonds is 3. The minimum absolute atomic E-state index is 0.0508. The van der Waals surface area contributed by atoms with E-state index in [0.717, 1.165) is 0 Å². The molecule has 0 bridgehead atoms. The molecule has 0 spiro atoms. The van der Waals surface area contributed by atoms with Gasteiger partial charge in [-0.05, 0) is 6.92 Å². The topological polar surface area (TPSA) is 84.8 Å². The first-order valence-corrected chi connectivity index (χ1v) is 3.70. The van der Waals surface area contributed by atoms with Gasteiger partial charge in [0, 0.05) is 0 Å². The summed E-state index contributed by atoms with van der Waals surface area (Å²) in [4.78, 5) is 9.74. The molecule has 0 fully saturated rings. The van der Waals surface area contributed by atoms with Crippen molar-refractivity contribution in [2.24, 2.45) is 5.92 Å². The fraction of sp³-hybridized carbons (Fsp3) is 0.429. The Kier molecular flexibility index (Phi) is 2.59. The van der Waals surface area contributed by atoms with E-state index in [1.54, 1.807) is 6.92 Å². The molecule has 1 atom stereocenters. The molecule has 68 valence electrons. The van der Waals surface area contributed by atoms with E-state index in [9.17, 15) is 10.1 Å². The molecule has 0 amide bonds. The molecule has 1 unspecified atom stereocenters. The van der Waals surface area contributed by atoms with Gasteiger partial charge in [0.2, 0.25) is 0 Å². The Morgan fingerprint density at radius 3 is 3.08 bits per heavy atom. The maximum absolute atomic E-state index is 10.3. The molecule has 0 aliphatic carbocycles. The second-order valence-electron chi connectivity index (χ2n) is 2.71. The Morgan fingerprint density at radius 2 is 2.62 bits per heavy atom. The van der Waals surface area contributed by atoms with Crippen LogP contribution in [0.15, 0.2) is 12.4 Å². The zero-order valence-corrected chi connectivity index (χ0v) is 7.04. The van der Waals surface area contributed by atoms with Gasteiger partial charge in [-0.3, -0.25) is 14.8 Å². The van der Waals surface area contributed by atoms with Crippen molar-refractivity contribution in [2.75, 3.05) is 0 Å². The van der Waals surface area contributed by atoms with E-state index in [2.05, 4.69) is 5.10 Å². The van der Waals surface area contributed by atoms with Gasteiger partial charge in [-0.15, -0.1) is 0 Å². The molecule has 6 nitrogen and oxygen atoms in total. The van der Waals surface area contributed by atoms with Gasteiger partial charge in [0.25, 0.3) is 0 Å². The molecule has 0 N–H and O–H groups in total. The van der Waals surface area contributed by atoms with Crippen LogP contribution in [-0.2, 0) is 6.54 Å². The standard InChI is InChI=1S/C7H8N4O2/c1-6(2-8)4-10-5-7(3-9-10)11(12)13/h3,5-6H,4H2,1H3. The van der Waals surface area contributed by atoms with Crippen molar-refractivity contribution in [1.29, 1.82) is 5.26 Å². The lowest BCUT2D eigenvalue weighted by atomic mass is 10.2. The van der Waals surface area contributed by atoms with Crippen molar-refractivity contribution in [3.63, 3.8) is 0 Å². The van der Waals surface area contributed by atoms with Crippen LogP contribution in [0.25, 0.3) is 0 Å². The number of hydrogen-bond donors (Lipinski definition) is 0. The number of nitrogens with zero attached hydrogens (tertiary/aromatic N) is 4. The summed E-state index contributed by atoms with van der Waals surface area (Å²) >= 11 is 0. The quantitative estimate of drug-likeness (QED) is 0.512. The maximum atomic E-state index is 10.3. The molecule has 1 rings (SSSR count). The number of aromatic nitrogens is 2. The SMILES string of the molecule is CC(C#N)Cn1cc([N+](=O)[O-])cn1. The van der Waals surface area contributed by atoms with E-state index >= 15 is 0 Å². The highest BCUT2D eigenvalue weighted by molar-refractivity contribution is 5.20. The lowest BCUT2D eigenvalue weighted by molar-refractivity contribution is -0.385. The van der Waals surface area contributed by atoms with E-state index < -0.39 is 4.92 Å². The third kappa shape index (κ3) is 2.27. The summed E-state index contributed by atoms with van der Waals surface area (Å²) in [5.74, 6) is -0.195. The Labute approximate surface area is 74.5 Å². The first kappa shape index (κ1) is 9.19. The first-order valence-electron chi connectivity index (χ1n) is 3.70. The molecular formula is C7H8N4O2. The molecule has 0 aliphatic rings. The van der Waals surface area contributed by atoms with Crippen molar-refractivity contribution in [1.82, 2.24) is 9.78 Å². The molecule has 1 aromatic heterocycles. The Bertz CT molecular complexity index is 352. The summed E-state index contributed by atoms with van der Waals surface area (Å²) < 4.78 is 1.39. The predicted octanol–water partition coefficient (Wildman–Crippen LogP) is 0.951. The van der Waals surface area contributed by atoms with Gasteiger partial charge in [0.05, 0.1) is 23.5 Å². The fourth-order valence-electron chi connectivity index (χ4n) is 0.868. The Morgan fingerprint density at radius 1 is 1.92 bits per heavy atom. The van der Waals surface area contributed by atoms with Crippen molar-refractivity contribution < 1.29 is 4.92 Å². The van der Waals surface area contributed by atoms with Gasteiger partial charge in [0.15, 0.2) is 0 Å². The minimum Gasteiger partial charge on any atom is -0.264 e. The summed E-state index contributed by atoms with van der Waals surface area (Å²) in [5, 5.41) is 22.5. The van der Waals surface area contributed by atoms with Crippen LogP contribution in [0.2, 0.25) is 0 Å². The number of nitriles is 1. The van der Waals surface area contributed by atoms with E-state index in [-0.39, 0.29) is 11.6 Å². The van der Waals surface area contributed by atoms with Crippen molar-refractivity contribution in [3.05, 3.63) is 22.5 Å². The van der Waals surface area contributed by atoms with Gasteiger partial charge in [0.1, 0.15) is 12.4 Å². The van der Waals surface area contributed by atoms with Crippen LogP contribution >= 0.6 is 0 Å². The highest BCUT2D eigenvalue weighted by Crippen LogP contribution is 2.09. The van der Waals surface area contributed by atoms with Gasteiger partial charge < -0.3 is 0 Å². The van der Waals surface area contributed by atoms with Gasteiger partial charge in [-0.1, -0.05) is 0 Å². The van der Waals surface area contributed by atoms with E-state index in [1.807, 2.05) is 6.07 Å². The fourth-order valence-corrected chi connectivity index (χ4v) is 0.868. The molecule has 6 heteroatoms. The molecule has 1 aromatic rings. The molecule has 0 radical (unpaired) electrons. The van der Waals surface area contributed by atoms with Crippen LogP contribution < -0.4 is 0 Å². The summed E-state index contributed by atoms with van der Waals surface area (Å²) in [6.07, 6.45) is 2.48. The van der Waals surface area contributed by atoms with Crippen LogP contribution in [0.4, 0.5) is 5.69 Å². The third-order valence-corrected chi connectivity index (χ3v) is 1.51. The molecule has 0 saturated carbocycles. The zero-order chi connectivity index (χ0) is 9.84. The first-order chi connectivity index (χ1) is 6.13. The van der Waals surface area contributed by atoms with Gasteiger partial charge in [-0.2, -0.15) is 10.4 Å². The summed E-state index contributed by atoms with van der Waals surface area (Å²) in [5.41, 5.74) is -0.0508. The normalized spacial score (nSPS) is 12.0. The monoisotopic (exact) mass is 180 g/mol. The van der Waals surface area contributed by atoms with Crippen LogP contribution in [0.5, 0.6) is 0 Å². The average Bonchev–Trinajstić information content (AvgIpc) is 2.52. The molecule has 0 aliphatic heterocycles.